The molecule has 0 amide bonds. The monoisotopic (exact) mass is 398 g/mol. The minimum absolute atomic E-state index is 0.0450. The molecule has 0 aromatic carbocycles. The van der Waals surface area contributed by atoms with Crippen LogP contribution in [0.1, 0.15) is 45.4 Å². The van der Waals surface area contributed by atoms with Crippen LogP contribution in [-0.4, -0.2) is 50.8 Å². The van der Waals surface area contributed by atoms with Crippen LogP contribution in [0.25, 0.3) is 0 Å². The van der Waals surface area contributed by atoms with E-state index < -0.39 is 0 Å². The number of rotatable bonds is 1. The Hall–Kier alpha value is -0.900. The zero-order valence-corrected chi connectivity index (χ0v) is 17.6. The molecule has 3 saturated carbocycles. The van der Waals surface area contributed by atoms with E-state index in [-0.39, 0.29) is 29.1 Å². The second-order valence-electron chi connectivity index (χ2n) is 10.4. The lowest BCUT2D eigenvalue weighted by atomic mass is 9.47. The highest BCUT2D eigenvalue weighted by Gasteiger charge is 2.63. The number of ether oxygens (including phenoxy) is 4. The Morgan fingerprint density at radius 2 is 1.79 bits per heavy atom. The molecule has 9 atom stereocenters. The van der Waals surface area contributed by atoms with Crippen LogP contribution in [0.2, 0.25) is 0 Å². The molecule has 4 aliphatic carbocycles. The van der Waals surface area contributed by atoms with E-state index in [9.17, 15) is 0 Å². The fourth-order valence-corrected chi connectivity index (χ4v) is 8.27. The third-order valence-corrected chi connectivity index (χ3v) is 9.44. The van der Waals surface area contributed by atoms with Crippen molar-refractivity contribution in [3.63, 3.8) is 0 Å². The molecule has 0 N–H and O–H groups in total. The number of hydrogen-bond donors (Lipinski definition) is 0. The molecule has 6 rings (SSSR count). The summed E-state index contributed by atoms with van der Waals surface area (Å²) >= 11 is 0. The molecular formula is C25H34O4. The summed E-state index contributed by atoms with van der Waals surface area (Å²) in [5, 5.41) is 0. The van der Waals surface area contributed by atoms with E-state index in [1.54, 1.807) is 5.57 Å². The summed E-state index contributed by atoms with van der Waals surface area (Å²) in [6.45, 7) is 9.45. The van der Waals surface area contributed by atoms with Gasteiger partial charge in [0.15, 0.2) is 0 Å². The molecular weight excluding hydrogens is 364 g/mol. The molecule has 2 heterocycles. The van der Waals surface area contributed by atoms with Crippen LogP contribution >= 0.6 is 0 Å². The van der Waals surface area contributed by atoms with Gasteiger partial charge >= 0.3 is 0 Å². The Morgan fingerprint density at radius 3 is 2.62 bits per heavy atom. The summed E-state index contributed by atoms with van der Waals surface area (Å²) in [5.41, 5.74) is 5.07. The van der Waals surface area contributed by atoms with E-state index in [1.165, 1.54) is 19.3 Å². The Balaban J connectivity index is 1.37. The zero-order valence-electron chi connectivity index (χ0n) is 17.6. The predicted octanol–water partition coefficient (Wildman–Crippen LogP) is 4.06. The highest BCUT2D eigenvalue weighted by molar-refractivity contribution is 5.33. The van der Waals surface area contributed by atoms with Gasteiger partial charge in [0.2, 0.25) is 0 Å². The molecule has 29 heavy (non-hydrogen) atoms. The summed E-state index contributed by atoms with van der Waals surface area (Å²) in [5.74, 6) is 1.99. The third kappa shape index (κ3) is 2.60. The Labute approximate surface area is 174 Å². The number of allylic oxidation sites excluding steroid dienone is 2. The molecule has 0 bridgehead atoms. The first kappa shape index (κ1) is 18.8. The molecule has 0 radical (unpaired) electrons. The Morgan fingerprint density at radius 1 is 1.03 bits per heavy atom. The minimum atomic E-state index is 0.0450. The van der Waals surface area contributed by atoms with Gasteiger partial charge in [0.05, 0.1) is 50.8 Å². The fraction of sp³-hybridized carbons (Fsp3) is 0.800. The highest BCUT2D eigenvalue weighted by atomic mass is 16.6. The standard InChI is InChI=1S/C25H34O4/c1-3-7-25-15-22-20(26-9-10-28-22)13-16(25)4-5-17-18(25)6-8-24(2)19(17)14-21-23(24)29-12-11-27-21/h4,7,17-23H,1,5-6,8-15H2,2H3/t17-,18+,19+,20?,21?,22?,23?,24+,25+/m1/s1. The first-order valence-electron chi connectivity index (χ1n) is 11.7. The van der Waals surface area contributed by atoms with Crippen molar-refractivity contribution < 1.29 is 18.9 Å². The van der Waals surface area contributed by atoms with E-state index in [0.29, 0.717) is 23.9 Å². The molecule has 4 unspecified atom stereocenters. The largest absolute Gasteiger partial charge is 0.373 e. The van der Waals surface area contributed by atoms with E-state index in [1.807, 2.05) is 0 Å². The molecule has 158 valence electrons. The number of fused-ring (bicyclic) bond motifs is 8. The van der Waals surface area contributed by atoms with E-state index >= 15 is 0 Å². The van der Waals surface area contributed by atoms with Crippen molar-refractivity contribution in [3.05, 3.63) is 30.0 Å². The normalized spacial score (nSPS) is 53.3. The van der Waals surface area contributed by atoms with Gasteiger partial charge in [0.25, 0.3) is 0 Å². The van der Waals surface area contributed by atoms with Gasteiger partial charge in [-0.05, 0) is 67.8 Å². The quantitative estimate of drug-likeness (QED) is 0.493. The van der Waals surface area contributed by atoms with E-state index in [2.05, 4.69) is 31.4 Å². The van der Waals surface area contributed by atoms with Gasteiger partial charge in [0.1, 0.15) is 0 Å². The van der Waals surface area contributed by atoms with Gasteiger partial charge in [-0.15, -0.1) is 5.73 Å². The highest BCUT2D eigenvalue weighted by Crippen LogP contribution is 2.66. The maximum atomic E-state index is 6.30. The van der Waals surface area contributed by atoms with Crippen molar-refractivity contribution in [2.75, 3.05) is 26.4 Å². The van der Waals surface area contributed by atoms with Gasteiger partial charge < -0.3 is 18.9 Å². The lowest BCUT2D eigenvalue weighted by Gasteiger charge is -2.59. The average Bonchev–Trinajstić information content (AvgIpc) is 3.05. The van der Waals surface area contributed by atoms with Crippen molar-refractivity contribution in [3.8, 4) is 0 Å². The molecule has 5 fully saturated rings. The van der Waals surface area contributed by atoms with Gasteiger partial charge in [-0.1, -0.05) is 25.2 Å². The zero-order chi connectivity index (χ0) is 19.6. The lowest BCUT2D eigenvalue weighted by molar-refractivity contribution is -0.177. The van der Waals surface area contributed by atoms with Gasteiger partial charge in [-0.2, -0.15) is 0 Å². The maximum absolute atomic E-state index is 6.30. The van der Waals surface area contributed by atoms with Crippen LogP contribution in [0.5, 0.6) is 0 Å². The average molecular weight is 399 g/mol. The smallest absolute Gasteiger partial charge is 0.0894 e. The first-order valence-corrected chi connectivity index (χ1v) is 11.7. The van der Waals surface area contributed by atoms with Crippen molar-refractivity contribution in [2.45, 2.75) is 69.9 Å². The van der Waals surface area contributed by atoms with Crippen LogP contribution in [0, 0.1) is 28.6 Å². The van der Waals surface area contributed by atoms with Crippen molar-refractivity contribution in [2.24, 2.45) is 28.6 Å². The lowest BCUT2D eigenvalue weighted by Crippen LogP contribution is -2.56. The number of hydrogen-bond acceptors (Lipinski definition) is 4. The van der Waals surface area contributed by atoms with Crippen LogP contribution in [0.3, 0.4) is 0 Å². The summed E-state index contributed by atoms with van der Waals surface area (Å²) < 4.78 is 24.8. The van der Waals surface area contributed by atoms with Crippen LogP contribution in [0.15, 0.2) is 30.0 Å². The molecule has 2 saturated heterocycles. The van der Waals surface area contributed by atoms with Crippen molar-refractivity contribution in [1.29, 1.82) is 0 Å². The predicted molar refractivity (Wildman–Crippen MR) is 109 cm³/mol. The second-order valence-corrected chi connectivity index (χ2v) is 10.4. The SMILES string of the molecule is C=C=C[C@]12CC3OCCOC3CC1=CC[C@@H]1[C@@H]2CC[C@]2(C)C3OCCOC3C[C@@H]12. The molecule has 4 heteroatoms. The summed E-state index contributed by atoms with van der Waals surface area (Å²) in [7, 11) is 0. The summed E-state index contributed by atoms with van der Waals surface area (Å²) in [6.07, 6.45) is 12.7. The van der Waals surface area contributed by atoms with Gasteiger partial charge in [-0.3, -0.25) is 0 Å². The molecule has 4 nitrogen and oxygen atoms in total. The summed E-state index contributed by atoms with van der Waals surface area (Å²) in [6, 6.07) is 0. The van der Waals surface area contributed by atoms with Crippen LogP contribution in [-0.2, 0) is 18.9 Å². The van der Waals surface area contributed by atoms with Gasteiger partial charge in [0, 0.05) is 5.41 Å². The van der Waals surface area contributed by atoms with Crippen LogP contribution < -0.4 is 0 Å². The topological polar surface area (TPSA) is 36.9 Å². The fourth-order valence-electron chi connectivity index (χ4n) is 8.27. The molecule has 0 aromatic heterocycles. The molecule has 6 aliphatic rings. The Bertz CT molecular complexity index is 754. The third-order valence-electron chi connectivity index (χ3n) is 9.44. The Kier molecular flexibility index (Phi) is 4.42. The van der Waals surface area contributed by atoms with Crippen molar-refractivity contribution in [1.82, 2.24) is 0 Å². The second kappa shape index (κ2) is 6.80. The van der Waals surface area contributed by atoms with Crippen LogP contribution in [0.4, 0.5) is 0 Å². The van der Waals surface area contributed by atoms with E-state index in [4.69, 9.17) is 18.9 Å². The molecule has 0 aromatic rings. The van der Waals surface area contributed by atoms with Gasteiger partial charge in [-0.25, -0.2) is 0 Å². The molecule has 2 aliphatic heterocycles. The van der Waals surface area contributed by atoms with E-state index in [0.717, 1.165) is 45.7 Å². The minimum Gasteiger partial charge on any atom is -0.373 e. The summed E-state index contributed by atoms with van der Waals surface area (Å²) in [4.78, 5) is 0. The molecule has 0 spiro atoms. The maximum Gasteiger partial charge on any atom is 0.0894 e. The van der Waals surface area contributed by atoms with Crippen molar-refractivity contribution >= 4 is 0 Å². The first-order chi connectivity index (χ1) is 14.2.